The zero-order chi connectivity index (χ0) is 17.0. The van der Waals surface area contributed by atoms with Crippen LogP contribution in [0.15, 0.2) is 34.2 Å². The lowest BCUT2D eigenvalue weighted by atomic mass is 10.1. The smallest absolute Gasteiger partial charge is 0.251 e. The number of hydrogen-bond donors (Lipinski definition) is 2. The molecular weight excluding hydrogens is 310 g/mol. The molecule has 1 aromatic carbocycles. The van der Waals surface area contributed by atoms with Crippen molar-refractivity contribution in [3.05, 3.63) is 51.4 Å². The molecule has 2 rings (SSSR count). The largest absolute Gasteiger partial charge is 0.325 e. The second-order valence-corrected chi connectivity index (χ2v) is 6.75. The first kappa shape index (κ1) is 17.3. The summed E-state index contributed by atoms with van der Waals surface area (Å²) in [6, 6.07) is 7.41. The predicted octanol–water partition coefficient (Wildman–Crippen LogP) is 3.24. The van der Waals surface area contributed by atoms with Crippen LogP contribution in [0.4, 0.5) is 5.69 Å². The van der Waals surface area contributed by atoms with Crippen molar-refractivity contribution in [2.45, 2.75) is 38.8 Å². The Morgan fingerprint density at radius 2 is 2.04 bits per heavy atom. The molecule has 0 unspecified atom stereocenters. The van der Waals surface area contributed by atoms with Gasteiger partial charge in [0, 0.05) is 11.8 Å². The van der Waals surface area contributed by atoms with Crippen LogP contribution in [0.3, 0.4) is 0 Å². The summed E-state index contributed by atoms with van der Waals surface area (Å²) in [6.07, 6.45) is 0. The first-order valence-corrected chi connectivity index (χ1v) is 8.45. The van der Waals surface area contributed by atoms with E-state index in [-0.39, 0.29) is 23.1 Å². The molecule has 0 aliphatic heterocycles. The number of rotatable bonds is 5. The third-order valence-corrected chi connectivity index (χ3v) is 4.21. The molecule has 1 aromatic heterocycles. The number of benzene rings is 1. The molecule has 1 heterocycles. The first-order chi connectivity index (χ1) is 10.8. The standard InChI is InChI=1S/C17H21N3O2S/c1-10(2)13-8-15(21)20-17(19-13)23-9-16(22)18-14-7-11(3)5-6-12(14)4/h5-8,10H,9H2,1-4H3,(H,18,22)(H,19,20,21). The number of nitrogens with zero attached hydrogens (tertiary/aromatic N) is 1. The number of hydrogen-bond acceptors (Lipinski definition) is 4. The number of H-pyrrole nitrogens is 1. The van der Waals surface area contributed by atoms with Gasteiger partial charge in [0.15, 0.2) is 5.16 Å². The van der Waals surface area contributed by atoms with Crippen LogP contribution in [0.5, 0.6) is 0 Å². The van der Waals surface area contributed by atoms with E-state index in [9.17, 15) is 9.59 Å². The van der Waals surface area contributed by atoms with Gasteiger partial charge in [0.2, 0.25) is 5.91 Å². The van der Waals surface area contributed by atoms with Crippen LogP contribution in [-0.4, -0.2) is 21.6 Å². The molecule has 122 valence electrons. The molecule has 5 nitrogen and oxygen atoms in total. The van der Waals surface area contributed by atoms with Gasteiger partial charge in [-0.1, -0.05) is 37.7 Å². The Labute approximate surface area is 139 Å². The van der Waals surface area contributed by atoms with Crippen molar-refractivity contribution >= 4 is 23.4 Å². The highest BCUT2D eigenvalue weighted by atomic mass is 32.2. The highest BCUT2D eigenvalue weighted by Crippen LogP contribution is 2.18. The van der Waals surface area contributed by atoms with E-state index >= 15 is 0 Å². The number of carbonyl (C=O) groups excluding carboxylic acids is 1. The second-order valence-electron chi connectivity index (χ2n) is 5.79. The van der Waals surface area contributed by atoms with E-state index in [1.807, 2.05) is 45.9 Å². The van der Waals surface area contributed by atoms with Crippen molar-refractivity contribution in [1.29, 1.82) is 0 Å². The number of aromatic nitrogens is 2. The lowest BCUT2D eigenvalue weighted by Crippen LogP contribution is -2.16. The maximum atomic E-state index is 12.1. The Morgan fingerprint density at radius 3 is 2.74 bits per heavy atom. The molecule has 0 saturated carbocycles. The lowest BCUT2D eigenvalue weighted by molar-refractivity contribution is -0.113. The Morgan fingerprint density at radius 1 is 1.30 bits per heavy atom. The molecule has 0 aliphatic rings. The third-order valence-electron chi connectivity index (χ3n) is 3.34. The fourth-order valence-corrected chi connectivity index (χ4v) is 2.69. The summed E-state index contributed by atoms with van der Waals surface area (Å²) in [5.74, 6) is 0.236. The maximum absolute atomic E-state index is 12.1. The summed E-state index contributed by atoms with van der Waals surface area (Å²) >= 11 is 1.22. The molecule has 2 N–H and O–H groups in total. The average Bonchev–Trinajstić information content (AvgIpc) is 2.48. The molecule has 0 saturated heterocycles. The molecule has 0 atom stereocenters. The monoisotopic (exact) mass is 331 g/mol. The summed E-state index contributed by atoms with van der Waals surface area (Å²) in [7, 11) is 0. The van der Waals surface area contributed by atoms with Crippen molar-refractivity contribution in [2.24, 2.45) is 0 Å². The summed E-state index contributed by atoms with van der Waals surface area (Å²) in [4.78, 5) is 30.8. The van der Waals surface area contributed by atoms with Gasteiger partial charge in [-0.05, 0) is 37.0 Å². The van der Waals surface area contributed by atoms with E-state index in [0.717, 1.165) is 22.5 Å². The van der Waals surface area contributed by atoms with Crippen LogP contribution in [-0.2, 0) is 4.79 Å². The molecule has 2 aromatic rings. The lowest BCUT2D eigenvalue weighted by Gasteiger charge is -2.09. The van der Waals surface area contributed by atoms with Gasteiger partial charge in [0.1, 0.15) is 0 Å². The number of aromatic amines is 1. The Balaban J connectivity index is 2.02. The highest BCUT2D eigenvalue weighted by molar-refractivity contribution is 7.99. The van der Waals surface area contributed by atoms with E-state index in [1.165, 1.54) is 17.8 Å². The van der Waals surface area contributed by atoms with Gasteiger partial charge in [-0.2, -0.15) is 0 Å². The van der Waals surface area contributed by atoms with Gasteiger partial charge in [-0.15, -0.1) is 0 Å². The SMILES string of the molecule is Cc1ccc(C)c(NC(=O)CSc2nc(C(C)C)cc(=O)[nH]2)c1. The number of anilines is 1. The first-order valence-electron chi connectivity index (χ1n) is 7.46. The van der Waals surface area contributed by atoms with Crippen molar-refractivity contribution in [2.75, 3.05) is 11.1 Å². The molecule has 0 bridgehead atoms. The van der Waals surface area contributed by atoms with E-state index < -0.39 is 0 Å². The van der Waals surface area contributed by atoms with Crippen molar-refractivity contribution < 1.29 is 4.79 Å². The maximum Gasteiger partial charge on any atom is 0.251 e. The molecule has 0 radical (unpaired) electrons. The summed E-state index contributed by atoms with van der Waals surface area (Å²) in [6.45, 7) is 7.89. The van der Waals surface area contributed by atoms with Gasteiger partial charge in [0.25, 0.3) is 5.56 Å². The molecule has 0 aliphatic carbocycles. The van der Waals surface area contributed by atoms with Crippen LogP contribution >= 0.6 is 11.8 Å². The summed E-state index contributed by atoms with van der Waals surface area (Å²) in [5, 5.41) is 3.36. The normalized spacial score (nSPS) is 10.8. The molecule has 0 spiro atoms. The number of aryl methyl sites for hydroxylation is 2. The average molecular weight is 331 g/mol. The molecule has 0 fully saturated rings. The second kappa shape index (κ2) is 7.46. The number of nitrogens with one attached hydrogen (secondary N) is 2. The van der Waals surface area contributed by atoms with Crippen molar-refractivity contribution in [3.63, 3.8) is 0 Å². The van der Waals surface area contributed by atoms with Crippen LogP contribution in [0.25, 0.3) is 0 Å². The Bertz CT molecular complexity index is 769. The van der Waals surface area contributed by atoms with Gasteiger partial charge < -0.3 is 10.3 Å². The Hall–Kier alpha value is -2.08. The quantitative estimate of drug-likeness (QED) is 0.651. The molecular formula is C17H21N3O2S. The number of amides is 1. The van der Waals surface area contributed by atoms with E-state index in [0.29, 0.717) is 5.16 Å². The van der Waals surface area contributed by atoms with Crippen LogP contribution < -0.4 is 10.9 Å². The number of carbonyl (C=O) groups is 1. The minimum atomic E-state index is -0.193. The highest BCUT2D eigenvalue weighted by Gasteiger charge is 2.09. The van der Waals surface area contributed by atoms with Gasteiger partial charge in [-0.25, -0.2) is 4.98 Å². The van der Waals surface area contributed by atoms with Gasteiger partial charge in [-0.3, -0.25) is 9.59 Å². The van der Waals surface area contributed by atoms with E-state index in [1.54, 1.807) is 0 Å². The zero-order valence-corrected chi connectivity index (χ0v) is 14.6. The number of thioether (sulfide) groups is 1. The summed E-state index contributed by atoms with van der Waals surface area (Å²) < 4.78 is 0. The van der Waals surface area contributed by atoms with Gasteiger partial charge >= 0.3 is 0 Å². The third kappa shape index (κ3) is 4.96. The molecule has 1 amide bonds. The van der Waals surface area contributed by atoms with Crippen LogP contribution in [0, 0.1) is 13.8 Å². The Kier molecular flexibility index (Phi) is 5.60. The van der Waals surface area contributed by atoms with Gasteiger partial charge in [0.05, 0.1) is 11.4 Å². The van der Waals surface area contributed by atoms with Crippen LogP contribution in [0.2, 0.25) is 0 Å². The zero-order valence-electron chi connectivity index (χ0n) is 13.8. The minimum Gasteiger partial charge on any atom is -0.325 e. The molecule has 6 heteroatoms. The van der Waals surface area contributed by atoms with E-state index in [4.69, 9.17) is 0 Å². The van der Waals surface area contributed by atoms with Crippen LogP contribution in [0.1, 0.15) is 36.6 Å². The summed E-state index contributed by atoms with van der Waals surface area (Å²) in [5.41, 5.74) is 3.46. The predicted molar refractivity (Wildman–Crippen MR) is 94.2 cm³/mol. The minimum absolute atomic E-state index is 0.124. The fraction of sp³-hybridized carbons (Fsp3) is 0.353. The van der Waals surface area contributed by atoms with E-state index in [2.05, 4.69) is 15.3 Å². The van der Waals surface area contributed by atoms with Crippen molar-refractivity contribution in [3.8, 4) is 0 Å². The molecule has 23 heavy (non-hydrogen) atoms. The fourth-order valence-electron chi connectivity index (χ4n) is 2.01. The van der Waals surface area contributed by atoms with Crippen molar-refractivity contribution in [1.82, 2.24) is 9.97 Å². The topological polar surface area (TPSA) is 74.8 Å².